The second kappa shape index (κ2) is 12.4. The maximum absolute atomic E-state index is 13.0. The molecule has 1 heterocycles. The van der Waals surface area contributed by atoms with Crippen LogP contribution in [0, 0.1) is 11.8 Å². The van der Waals surface area contributed by atoms with Crippen molar-refractivity contribution in [1.82, 2.24) is 15.5 Å². The molecule has 0 aromatic heterocycles. The molecule has 1 rings (SSSR count). The van der Waals surface area contributed by atoms with Crippen molar-refractivity contribution in [2.75, 3.05) is 6.54 Å². The number of carbonyl (C=O) groups excluding carboxylic acids is 4. The van der Waals surface area contributed by atoms with Gasteiger partial charge in [0.15, 0.2) is 0 Å². The molecule has 11 nitrogen and oxygen atoms in total. The predicted molar refractivity (Wildman–Crippen MR) is 117 cm³/mol. The molecular weight excluding hydrogens is 418 g/mol. The van der Waals surface area contributed by atoms with E-state index in [9.17, 15) is 29.1 Å². The summed E-state index contributed by atoms with van der Waals surface area (Å²) in [6, 6.07) is -4.11. The van der Waals surface area contributed by atoms with E-state index in [-0.39, 0.29) is 31.2 Å². The molecule has 0 bridgehead atoms. The van der Waals surface area contributed by atoms with E-state index in [0.717, 1.165) is 4.90 Å². The summed E-state index contributed by atoms with van der Waals surface area (Å²) in [5.41, 5.74) is 11.2. The lowest BCUT2D eigenvalue weighted by Gasteiger charge is -2.29. The summed E-state index contributed by atoms with van der Waals surface area (Å²) in [4.78, 5) is 62.5. The molecule has 1 fully saturated rings. The normalized spacial score (nSPS) is 18.8. The van der Waals surface area contributed by atoms with Crippen LogP contribution in [0.5, 0.6) is 0 Å². The van der Waals surface area contributed by atoms with Crippen LogP contribution in [0.3, 0.4) is 0 Å². The van der Waals surface area contributed by atoms with E-state index in [1.807, 2.05) is 27.7 Å². The number of carboxylic acids is 1. The highest BCUT2D eigenvalue weighted by molar-refractivity contribution is 5.96. The molecule has 4 atom stereocenters. The van der Waals surface area contributed by atoms with Crippen LogP contribution < -0.4 is 22.1 Å². The van der Waals surface area contributed by atoms with Gasteiger partial charge in [-0.3, -0.25) is 19.2 Å². The van der Waals surface area contributed by atoms with Gasteiger partial charge in [0.05, 0.1) is 12.5 Å². The standard InChI is InChI=1S/C21H37N5O6/c1-11(2)8-13(22)18(28)24-14(9-12(3)4)19(29)25-15(10-17(23)27)20(30)26-7-5-6-16(26)21(31)32/h11-16H,5-10,22H2,1-4H3,(H2,23,27)(H,24,28)(H,25,29)(H,31,32). The molecule has 0 aromatic carbocycles. The summed E-state index contributed by atoms with van der Waals surface area (Å²) >= 11 is 0. The van der Waals surface area contributed by atoms with Crippen LogP contribution in [0.2, 0.25) is 0 Å². The second-order valence-corrected chi connectivity index (χ2v) is 9.19. The predicted octanol–water partition coefficient (Wildman–Crippen LogP) is -0.673. The molecule has 1 saturated heterocycles. The summed E-state index contributed by atoms with van der Waals surface area (Å²) in [5.74, 6) is -3.58. The van der Waals surface area contributed by atoms with Crippen molar-refractivity contribution in [1.29, 1.82) is 0 Å². The molecule has 0 aliphatic carbocycles. The number of primary amides is 1. The third-order valence-electron chi connectivity index (χ3n) is 5.24. The van der Waals surface area contributed by atoms with Crippen LogP contribution in [0.4, 0.5) is 0 Å². The first kappa shape index (κ1) is 27.3. The Morgan fingerprint density at radius 2 is 1.53 bits per heavy atom. The van der Waals surface area contributed by atoms with E-state index in [1.54, 1.807) is 0 Å². The van der Waals surface area contributed by atoms with E-state index in [1.165, 1.54) is 0 Å². The molecule has 0 spiro atoms. The minimum Gasteiger partial charge on any atom is -0.480 e. The maximum Gasteiger partial charge on any atom is 0.326 e. The van der Waals surface area contributed by atoms with E-state index in [4.69, 9.17) is 11.5 Å². The maximum atomic E-state index is 13.0. The number of carboxylic acid groups (broad SMARTS) is 1. The van der Waals surface area contributed by atoms with Crippen molar-refractivity contribution in [3.05, 3.63) is 0 Å². The molecule has 11 heteroatoms. The lowest BCUT2D eigenvalue weighted by Crippen LogP contribution is -2.58. The first-order chi connectivity index (χ1) is 14.8. The van der Waals surface area contributed by atoms with Gasteiger partial charge in [-0.1, -0.05) is 27.7 Å². The van der Waals surface area contributed by atoms with Crippen LogP contribution in [-0.4, -0.2) is 70.3 Å². The zero-order valence-corrected chi connectivity index (χ0v) is 19.3. The topological polar surface area (TPSA) is 185 Å². The fraction of sp³-hybridized carbons (Fsp3) is 0.762. The molecule has 0 aromatic rings. The summed E-state index contributed by atoms with van der Waals surface area (Å²) in [6.45, 7) is 7.79. The number of amides is 4. The van der Waals surface area contributed by atoms with Gasteiger partial charge in [0.25, 0.3) is 0 Å². The molecule has 4 unspecified atom stereocenters. The third-order valence-corrected chi connectivity index (χ3v) is 5.24. The van der Waals surface area contributed by atoms with Gasteiger partial charge in [0, 0.05) is 6.54 Å². The van der Waals surface area contributed by atoms with Crippen molar-refractivity contribution in [2.24, 2.45) is 23.3 Å². The number of nitrogens with two attached hydrogens (primary N) is 2. The molecule has 182 valence electrons. The molecule has 1 aliphatic rings. The Balaban J connectivity index is 3.00. The minimum atomic E-state index is -1.32. The van der Waals surface area contributed by atoms with Crippen LogP contribution in [0.1, 0.15) is 59.8 Å². The Bertz CT molecular complexity index is 711. The summed E-state index contributed by atoms with van der Waals surface area (Å²) in [5, 5.41) is 14.5. The molecule has 32 heavy (non-hydrogen) atoms. The molecule has 1 aliphatic heterocycles. The van der Waals surface area contributed by atoms with Crippen LogP contribution in [0.25, 0.3) is 0 Å². The zero-order chi connectivity index (χ0) is 24.6. The number of carbonyl (C=O) groups is 5. The van der Waals surface area contributed by atoms with Crippen molar-refractivity contribution in [3.63, 3.8) is 0 Å². The summed E-state index contributed by atoms with van der Waals surface area (Å²) in [7, 11) is 0. The average molecular weight is 456 g/mol. The second-order valence-electron chi connectivity index (χ2n) is 9.19. The minimum absolute atomic E-state index is 0.0349. The number of nitrogens with zero attached hydrogens (tertiary/aromatic N) is 1. The van der Waals surface area contributed by atoms with Crippen molar-refractivity contribution < 1.29 is 29.1 Å². The SMILES string of the molecule is CC(C)CC(N)C(=O)NC(CC(C)C)C(=O)NC(CC(N)=O)C(=O)N1CCCC1C(=O)O. The first-order valence-corrected chi connectivity index (χ1v) is 11.0. The van der Waals surface area contributed by atoms with E-state index in [0.29, 0.717) is 12.8 Å². The van der Waals surface area contributed by atoms with Gasteiger partial charge in [-0.15, -0.1) is 0 Å². The van der Waals surface area contributed by atoms with Gasteiger partial charge in [-0.2, -0.15) is 0 Å². The Labute approximate surface area is 188 Å². The average Bonchev–Trinajstić information content (AvgIpc) is 3.15. The number of likely N-dealkylation sites (tertiary alicyclic amines) is 1. The number of nitrogens with one attached hydrogen (secondary N) is 2. The largest absolute Gasteiger partial charge is 0.480 e. The highest BCUT2D eigenvalue weighted by Gasteiger charge is 2.39. The van der Waals surface area contributed by atoms with Crippen molar-refractivity contribution in [3.8, 4) is 0 Å². The Hall–Kier alpha value is -2.69. The highest BCUT2D eigenvalue weighted by atomic mass is 16.4. The van der Waals surface area contributed by atoms with E-state index >= 15 is 0 Å². The summed E-state index contributed by atoms with van der Waals surface area (Å²) in [6.07, 6.45) is 1.03. The third kappa shape index (κ3) is 8.45. The molecule has 4 amide bonds. The van der Waals surface area contributed by atoms with Gasteiger partial charge >= 0.3 is 5.97 Å². The van der Waals surface area contributed by atoms with Crippen LogP contribution in [0.15, 0.2) is 0 Å². The number of rotatable bonds is 12. The van der Waals surface area contributed by atoms with Crippen molar-refractivity contribution in [2.45, 2.75) is 84.0 Å². The fourth-order valence-electron chi connectivity index (χ4n) is 3.76. The van der Waals surface area contributed by atoms with E-state index in [2.05, 4.69) is 10.6 Å². The molecular formula is C21H37N5O6. The van der Waals surface area contributed by atoms with E-state index < -0.39 is 60.2 Å². The number of hydrogen-bond donors (Lipinski definition) is 5. The first-order valence-electron chi connectivity index (χ1n) is 11.0. The Morgan fingerprint density at radius 1 is 0.969 bits per heavy atom. The Kier molecular flexibility index (Phi) is 10.6. The zero-order valence-electron chi connectivity index (χ0n) is 19.3. The molecule has 0 radical (unpaired) electrons. The van der Waals surface area contributed by atoms with Crippen molar-refractivity contribution >= 4 is 29.6 Å². The highest BCUT2D eigenvalue weighted by Crippen LogP contribution is 2.19. The Morgan fingerprint density at radius 3 is 2.03 bits per heavy atom. The van der Waals surface area contributed by atoms with Crippen LogP contribution in [-0.2, 0) is 24.0 Å². The van der Waals surface area contributed by atoms with Gasteiger partial charge in [0.1, 0.15) is 18.1 Å². The van der Waals surface area contributed by atoms with Gasteiger partial charge in [-0.25, -0.2) is 4.79 Å². The van der Waals surface area contributed by atoms with Gasteiger partial charge in [-0.05, 0) is 37.5 Å². The molecule has 0 saturated carbocycles. The molecule has 7 N–H and O–H groups in total. The lowest BCUT2D eigenvalue weighted by molar-refractivity contribution is -0.149. The van der Waals surface area contributed by atoms with Crippen LogP contribution >= 0.6 is 0 Å². The van der Waals surface area contributed by atoms with Gasteiger partial charge in [0.2, 0.25) is 23.6 Å². The monoisotopic (exact) mass is 455 g/mol. The lowest BCUT2D eigenvalue weighted by atomic mass is 10.00. The quantitative estimate of drug-likeness (QED) is 0.258. The smallest absolute Gasteiger partial charge is 0.326 e. The number of hydrogen-bond acceptors (Lipinski definition) is 6. The number of aliphatic carboxylic acids is 1. The fourth-order valence-corrected chi connectivity index (χ4v) is 3.76. The summed E-state index contributed by atoms with van der Waals surface area (Å²) < 4.78 is 0. The van der Waals surface area contributed by atoms with Gasteiger partial charge < -0.3 is 32.1 Å².